The molecule has 26 heavy (non-hydrogen) atoms. The number of hydrogen-bond donors (Lipinski definition) is 0. The Morgan fingerprint density at radius 3 is 2.35 bits per heavy atom. The van der Waals surface area contributed by atoms with Crippen LogP contribution in [0.3, 0.4) is 0 Å². The highest BCUT2D eigenvalue weighted by Gasteiger charge is 2.12. The Morgan fingerprint density at radius 2 is 1.69 bits per heavy atom. The van der Waals surface area contributed by atoms with Gasteiger partial charge in [0.05, 0.1) is 18.1 Å². The van der Waals surface area contributed by atoms with Crippen molar-refractivity contribution in [2.24, 2.45) is 0 Å². The van der Waals surface area contributed by atoms with E-state index in [2.05, 4.69) is 4.74 Å². The van der Waals surface area contributed by atoms with Crippen LogP contribution in [0, 0.1) is 0 Å². The van der Waals surface area contributed by atoms with E-state index < -0.39 is 11.9 Å². The molecule has 1 heterocycles. The fourth-order valence-corrected chi connectivity index (χ4v) is 2.29. The van der Waals surface area contributed by atoms with Crippen molar-refractivity contribution in [3.63, 3.8) is 0 Å². The molecule has 0 saturated heterocycles. The van der Waals surface area contributed by atoms with E-state index >= 15 is 0 Å². The lowest BCUT2D eigenvalue weighted by Gasteiger charge is -2.07. The van der Waals surface area contributed by atoms with Crippen molar-refractivity contribution >= 4 is 22.9 Å². The number of methoxy groups -OCH3 is 1. The second kappa shape index (κ2) is 7.10. The minimum absolute atomic E-state index is 0.0106. The first-order valence-corrected chi connectivity index (χ1v) is 7.58. The number of carbonyl (C=O) groups is 2. The molecule has 0 unspecified atom stereocenters. The topological polar surface area (TPSA) is 92.0 Å². The molecule has 0 aliphatic carbocycles. The molecule has 0 amide bonds. The maximum absolute atomic E-state index is 12.5. The van der Waals surface area contributed by atoms with Gasteiger partial charge in [0.1, 0.15) is 23.3 Å². The van der Waals surface area contributed by atoms with Crippen LogP contribution in [0.4, 0.5) is 0 Å². The lowest BCUT2D eigenvalue weighted by atomic mass is 10.2. The second-order valence-corrected chi connectivity index (χ2v) is 5.30. The predicted molar refractivity (Wildman–Crippen MR) is 91.6 cm³/mol. The SMILES string of the molecule is COC(=O)c1ccc(Oc2coc3cc(OC(C)=O)ccc3c2=O)cc1. The minimum atomic E-state index is -0.470. The normalized spacial score (nSPS) is 10.4. The number of benzene rings is 2. The summed E-state index contributed by atoms with van der Waals surface area (Å²) in [5, 5.41) is 0.282. The Labute approximate surface area is 147 Å². The fraction of sp³-hybridized carbons (Fsp3) is 0.105. The Morgan fingerprint density at radius 1 is 1.00 bits per heavy atom. The van der Waals surface area contributed by atoms with Gasteiger partial charge in [0.25, 0.3) is 0 Å². The standard InChI is InChI=1S/C19H14O7/c1-11(20)25-14-7-8-15-16(9-14)24-10-17(18(15)21)26-13-5-3-12(4-6-13)19(22)23-2/h3-10H,1-2H3. The summed E-state index contributed by atoms with van der Waals surface area (Å²) in [6.45, 7) is 1.28. The van der Waals surface area contributed by atoms with E-state index in [1.165, 1.54) is 50.6 Å². The largest absolute Gasteiger partial charge is 0.465 e. The molecule has 0 spiro atoms. The van der Waals surface area contributed by atoms with Gasteiger partial charge in [0, 0.05) is 13.0 Å². The molecule has 132 valence electrons. The molecule has 0 aliphatic heterocycles. The van der Waals surface area contributed by atoms with E-state index in [1.54, 1.807) is 12.1 Å². The van der Waals surface area contributed by atoms with Crippen molar-refractivity contribution in [3.8, 4) is 17.2 Å². The first-order chi connectivity index (χ1) is 12.5. The lowest BCUT2D eigenvalue weighted by Crippen LogP contribution is -2.06. The quantitative estimate of drug-likeness (QED) is 0.524. The minimum Gasteiger partial charge on any atom is -0.465 e. The van der Waals surface area contributed by atoms with E-state index in [4.69, 9.17) is 13.9 Å². The van der Waals surface area contributed by atoms with Gasteiger partial charge in [0.2, 0.25) is 11.2 Å². The summed E-state index contributed by atoms with van der Waals surface area (Å²) in [7, 11) is 1.29. The molecule has 0 saturated carbocycles. The summed E-state index contributed by atoms with van der Waals surface area (Å²) < 4.78 is 20.5. The molecule has 0 bridgehead atoms. The molecule has 0 fully saturated rings. The average Bonchev–Trinajstić information content (AvgIpc) is 2.63. The highest BCUT2D eigenvalue weighted by molar-refractivity contribution is 5.89. The molecule has 0 N–H and O–H groups in total. The maximum Gasteiger partial charge on any atom is 0.337 e. The van der Waals surface area contributed by atoms with Gasteiger partial charge in [-0.15, -0.1) is 0 Å². The summed E-state index contributed by atoms with van der Waals surface area (Å²) >= 11 is 0. The summed E-state index contributed by atoms with van der Waals surface area (Å²) in [4.78, 5) is 34.9. The van der Waals surface area contributed by atoms with Crippen molar-refractivity contribution < 1.29 is 28.2 Å². The summed E-state index contributed by atoms with van der Waals surface area (Å²) in [5.74, 6) is -0.308. The van der Waals surface area contributed by atoms with Crippen LogP contribution in [0.5, 0.6) is 17.2 Å². The van der Waals surface area contributed by atoms with Gasteiger partial charge in [-0.3, -0.25) is 9.59 Å². The van der Waals surface area contributed by atoms with Gasteiger partial charge < -0.3 is 18.6 Å². The first kappa shape index (κ1) is 17.2. The first-order valence-electron chi connectivity index (χ1n) is 7.58. The average molecular weight is 354 g/mol. The van der Waals surface area contributed by atoms with Crippen molar-refractivity contribution in [3.05, 3.63) is 64.5 Å². The third kappa shape index (κ3) is 3.56. The van der Waals surface area contributed by atoms with Crippen molar-refractivity contribution in [1.29, 1.82) is 0 Å². The number of ether oxygens (including phenoxy) is 3. The molecule has 0 aliphatic rings. The van der Waals surface area contributed by atoms with E-state index in [1.807, 2.05) is 0 Å². The number of esters is 2. The van der Waals surface area contributed by atoms with Gasteiger partial charge in [-0.25, -0.2) is 4.79 Å². The monoisotopic (exact) mass is 354 g/mol. The molecule has 7 nitrogen and oxygen atoms in total. The van der Waals surface area contributed by atoms with Crippen LogP contribution in [0.25, 0.3) is 11.0 Å². The zero-order chi connectivity index (χ0) is 18.7. The molecule has 7 heteroatoms. The van der Waals surface area contributed by atoms with Crippen LogP contribution < -0.4 is 14.9 Å². The highest BCUT2D eigenvalue weighted by Crippen LogP contribution is 2.24. The highest BCUT2D eigenvalue weighted by atomic mass is 16.5. The summed E-state index contributed by atoms with van der Waals surface area (Å²) in [5.41, 5.74) is 0.253. The van der Waals surface area contributed by atoms with E-state index in [0.717, 1.165) is 0 Å². The van der Waals surface area contributed by atoms with Crippen LogP contribution >= 0.6 is 0 Å². The summed E-state index contributed by atoms with van der Waals surface area (Å²) in [6.07, 6.45) is 1.18. The van der Waals surface area contributed by atoms with Gasteiger partial charge in [0.15, 0.2) is 0 Å². The third-order valence-electron chi connectivity index (χ3n) is 3.48. The molecule has 0 radical (unpaired) electrons. The van der Waals surface area contributed by atoms with Crippen LogP contribution in [0.15, 0.2) is 57.9 Å². The van der Waals surface area contributed by atoms with Crippen LogP contribution in [0.2, 0.25) is 0 Å². The van der Waals surface area contributed by atoms with Crippen LogP contribution in [-0.2, 0) is 9.53 Å². The van der Waals surface area contributed by atoms with Crippen LogP contribution in [-0.4, -0.2) is 19.0 Å². The fourth-order valence-electron chi connectivity index (χ4n) is 2.29. The van der Waals surface area contributed by atoms with Crippen molar-refractivity contribution in [2.45, 2.75) is 6.92 Å². The van der Waals surface area contributed by atoms with Gasteiger partial charge in [-0.05, 0) is 36.4 Å². The molecular formula is C19H14O7. The zero-order valence-corrected chi connectivity index (χ0v) is 14.0. The summed E-state index contributed by atoms with van der Waals surface area (Å²) in [6, 6.07) is 10.6. The molecule has 3 aromatic rings. The maximum atomic E-state index is 12.5. The Balaban J connectivity index is 1.89. The van der Waals surface area contributed by atoms with E-state index in [0.29, 0.717) is 11.3 Å². The molecule has 2 aromatic carbocycles. The molecule has 3 rings (SSSR count). The van der Waals surface area contributed by atoms with Crippen molar-refractivity contribution in [2.75, 3.05) is 7.11 Å². The van der Waals surface area contributed by atoms with Gasteiger partial charge in [-0.1, -0.05) is 0 Å². The van der Waals surface area contributed by atoms with Crippen molar-refractivity contribution in [1.82, 2.24) is 0 Å². The Hall–Kier alpha value is -3.61. The second-order valence-electron chi connectivity index (χ2n) is 5.30. The zero-order valence-electron chi connectivity index (χ0n) is 14.0. The Kier molecular flexibility index (Phi) is 4.70. The third-order valence-corrected chi connectivity index (χ3v) is 3.48. The smallest absolute Gasteiger partial charge is 0.337 e. The molecular weight excluding hydrogens is 340 g/mol. The molecule has 0 atom stereocenters. The lowest BCUT2D eigenvalue weighted by molar-refractivity contribution is -0.131. The number of rotatable bonds is 4. The van der Waals surface area contributed by atoms with Crippen LogP contribution in [0.1, 0.15) is 17.3 Å². The predicted octanol–water partition coefficient (Wildman–Crippen LogP) is 3.30. The van der Waals surface area contributed by atoms with Gasteiger partial charge >= 0.3 is 11.9 Å². The number of carbonyl (C=O) groups excluding carboxylic acids is 2. The number of hydrogen-bond acceptors (Lipinski definition) is 7. The van der Waals surface area contributed by atoms with E-state index in [-0.39, 0.29) is 27.9 Å². The van der Waals surface area contributed by atoms with E-state index in [9.17, 15) is 14.4 Å². The number of fused-ring (bicyclic) bond motifs is 1. The molecule has 1 aromatic heterocycles. The Bertz CT molecular complexity index is 1030. The van der Waals surface area contributed by atoms with Gasteiger partial charge in [-0.2, -0.15) is 0 Å².